The molecule has 1 N–H and O–H groups in total. The van der Waals surface area contributed by atoms with E-state index in [1.807, 2.05) is 6.92 Å². The van der Waals surface area contributed by atoms with E-state index >= 15 is 0 Å². The average Bonchev–Trinajstić information content (AvgIpc) is 1.84. The molecule has 1 rings (SSSR count). The molecule has 0 saturated carbocycles. The Labute approximate surface area is 74.6 Å². The van der Waals surface area contributed by atoms with Crippen LogP contribution >= 0.6 is 15.9 Å². The first-order chi connectivity index (χ1) is 5.25. The van der Waals surface area contributed by atoms with Gasteiger partial charge in [-0.2, -0.15) is 0 Å². The van der Waals surface area contributed by atoms with Crippen LogP contribution in [0.1, 0.15) is 6.92 Å². The Morgan fingerprint density at radius 2 is 2.45 bits per heavy atom. The van der Waals surface area contributed by atoms with Crippen molar-refractivity contribution in [2.45, 2.75) is 11.8 Å². The monoisotopic (exact) mass is 221 g/mol. The molecule has 1 fully saturated rings. The first kappa shape index (κ1) is 9.00. The molecule has 0 aliphatic carbocycles. The Morgan fingerprint density at radius 1 is 1.82 bits per heavy atom. The second-order valence-electron chi connectivity index (χ2n) is 2.57. The third-order valence-electron chi connectivity index (χ3n) is 1.74. The molecule has 0 spiro atoms. The van der Waals surface area contributed by atoms with Gasteiger partial charge in [0.1, 0.15) is 4.83 Å². The van der Waals surface area contributed by atoms with Crippen LogP contribution in [-0.2, 0) is 9.53 Å². The maximum Gasteiger partial charge on any atom is 0.320 e. The maximum absolute atomic E-state index is 11.1. The second-order valence-corrected chi connectivity index (χ2v) is 3.56. The van der Waals surface area contributed by atoms with Gasteiger partial charge in [0.2, 0.25) is 0 Å². The summed E-state index contributed by atoms with van der Waals surface area (Å²) in [6.45, 7) is 4.10. The number of alkyl halides is 1. The van der Waals surface area contributed by atoms with E-state index in [0.717, 1.165) is 13.1 Å². The lowest BCUT2D eigenvalue weighted by Crippen LogP contribution is -2.49. The molecular weight excluding hydrogens is 210 g/mol. The fourth-order valence-corrected chi connectivity index (χ4v) is 1.44. The molecule has 0 bridgehead atoms. The number of hydrogen-bond acceptors (Lipinski definition) is 3. The number of carbonyl (C=O) groups is 1. The zero-order valence-electron chi connectivity index (χ0n) is 6.47. The molecule has 0 aromatic heterocycles. The van der Waals surface area contributed by atoms with E-state index in [9.17, 15) is 4.79 Å². The number of nitrogens with one attached hydrogen (secondary N) is 1. The van der Waals surface area contributed by atoms with Gasteiger partial charge in [-0.1, -0.05) is 15.9 Å². The van der Waals surface area contributed by atoms with Crippen LogP contribution in [0.25, 0.3) is 0 Å². The van der Waals surface area contributed by atoms with Crippen LogP contribution < -0.4 is 5.32 Å². The van der Waals surface area contributed by atoms with Crippen molar-refractivity contribution in [1.82, 2.24) is 5.32 Å². The second kappa shape index (κ2) is 4.07. The summed E-state index contributed by atoms with van der Waals surface area (Å²) in [4.78, 5) is 11.0. The molecule has 0 amide bonds. The van der Waals surface area contributed by atoms with Crippen molar-refractivity contribution in [1.29, 1.82) is 0 Å². The van der Waals surface area contributed by atoms with Crippen LogP contribution in [0.15, 0.2) is 0 Å². The van der Waals surface area contributed by atoms with Crippen LogP contribution in [0.3, 0.4) is 0 Å². The quantitative estimate of drug-likeness (QED) is 0.559. The van der Waals surface area contributed by atoms with E-state index in [2.05, 4.69) is 21.2 Å². The summed E-state index contributed by atoms with van der Waals surface area (Å²) < 4.78 is 4.85. The van der Waals surface area contributed by atoms with Gasteiger partial charge in [-0.3, -0.25) is 4.79 Å². The fourth-order valence-electron chi connectivity index (χ4n) is 0.932. The Kier molecular flexibility index (Phi) is 3.33. The van der Waals surface area contributed by atoms with E-state index in [1.54, 1.807) is 0 Å². The van der Waals surface area contributed by atoms with Crippen molar-refractivity contribution in [2.75, 3.05) is 19.7 Å². The van der Waals surface area contributed by atoms with Crippen LogP contribution in [-0.4, -0.2) is 30.5 Å². The zero-order chi connectivity index (χ0) is 8.27. The van der Waals surface area contributed by atoms with Gasteiger partial charge in [-0.05, 0) is 6.92 Å². The van der Waals surface area contributed by atoms with E-state index in [0.29, 0.717) is 12.5 Å². The van der Waals surface area contributed by atoms with E-state index in [4.69, 9.17) is 4.74 Å². The minimum Gasteiger partial charge on any atom is -0.465 e. The molecule has 1 saturated heterocycles. The first-order valence-electron chi connectivity index (χ1n) is 3.77. The van der Waals surface area contributed by atoms with E-state index in [-0.39, 0.29) is 10.8 Å². The summed E-state index contributed by atoms with van der Waals surface area (Å²) >= 11 is 3.31. The predicted molar refractivity (Wildman–Crippen MR) is 45.7 cm³/mol. The number of carbonyl (C=O) groups excluding carboxylic acids is 1. The van der Waals surface area contributed by atoms with Gasteiger partial charge < -0.3 is 10.1 Å². The topological polar surface area (TPSA) is 38.3 Å². The molecule has 0 radical (unpaired) electrons. The summed E-state index contributed by atoms with van der Waals surface area (Å²) in [7, 11) is 0. The minimum atomic E-state index is -0.140. The highest BCUT2D eigenvalue weighted by molar-refractivity contribution is 9.10. The molecule has 4 heteroatoms. The molecular formula is C7H12BrNO2. The first-order valence-corrected chi connectivity index (χ1v) is 4.68. The van der Waals surface area contributed by atoms with Crippen molar-refractivity contribution in [3.63, 3.8) is 0 Å². The molecule has 0 aromatic carbocycles. The minimum absolute atomic E-state index is 0.122. The number of rotatable bonds is 3. The van der Waals surface area contributed by atoms with E-state index < -0.39 is 0 Å². The average molecular weight is 222 g/mol. The Balaban J connectivity index is 2.27. The van der Waals surface area contributed by atoms with Crippen LogP contribution in [0, 0.1) is 5.92 Å². The molecule has 1 aliphatic rings. The molecule has 1 aliphatic heterocycles. The highest BCUT2D eigenvalue weighted by Gasteiger charge is 2.31. The highest BCUT2D eigenvalue weighted by Crippen LogP contribution is 2.18. The molecule has 3 nitrogen and oxygen atoms in total. The van der Waals surface area contributed by atoms with Crippen LogP contribution in [0.5, 0.6) is 0 Å². The molecule has 0 aromatic rings. The molecule has 1 unspecified atom stereocenters. The third-order valence-corrected chi connectivity index (χ3v) is 2.86. The van der Waals surface area contributed by atoms with Gasteiger partial charge in [0.25, 0.3) is 0 Å². The van der Waals surface area contributed by atoms with E-state index in [1.165, 1.54) is 0 Å². The Morgan fingerprint density at radius 3 is 2.82 bits per heavy atom. The maximum atomic E-state index is 11.1. The van der Waals surface area contributed by atoms with Gasteiger partial charge in [0, 0.05) is 19.0 Å². The lowest BCUT2D eigenvalue weighted by atomic mass is 10.00. The van der Waals surface area contributed by atoms with Gasteiger partial charge in [-0.15, -0.1) is 0 Å². The lowest BCUT2D eigenvalue weighted by Gasteiger charge is -2.29. The Bertz CT molecular complexity index is 147. The molecule has 11 heavy (non-hydrogen) atoms. The summed E-state index contributed by atoms with van der Waals surface area (Å²) in [6, 6.07) is 0. The van der Waals surface area contributed by atoms with Gasteiger partial charge in [-0.25, -0.2) is 0 Å². The molecule has 64 valence electrons. The Hall–Kier alpha value is -0.0900. The number of esters is 1. The van der Waals surface area contributed by atoms with Crippen LogP contribution in [0.2, 0.25) is 0 Å². The third kappa shape index (κ3) is 2.17. The zero-order valence-corrected chi connectivity index (χ0v) is 8.06. The standard InChI is InChI=1S/C7H12BrNO2/c1-2-11-7(10)6(8)5-3-9-4-5/h5-6,9H,2-4H2,1H3. The number of halogens is 1. The van der Waals surface area contributed by atoms with Crippen LogP contribution in [0.4, 0.5) is 0 Å². The molecule has 1 atom stereocenters. The fraction of sp³-hybridized carbons (Fsp3) is 0.857. The number of hydrogen-bond donors (Lipinski definition) is 1. The van der Waals surface area contributed by atoms with Crippen molar-refractivity contribution in [3.8, 4) is 0 Å². The summed E-state index contributed by atoms with van der Waals surface area (Å²) in [5.41, 5.74) is 0. The number of ether oxygens (including phenoxy) is 1. The van der Waals surface area contributed by atoms with Gasteiger partial charge in [0.05, 0.1) is 6.61 Å². The summed E-state index contributed by atoms with van der Waals surface area (Å²) in [5.74, 6) is 0.271. The smallest absolute Gasteiger partial charge is 0.320 e. The predicted octanol–water partition coefficient (Wildman–Crippen LogP) is 0.532. The van der Waals surface area contributed by atoms with Crippen molar-refractivity contribution < 1.29 is 9.53 Å². The largest absolute Gasteiger partial charge is 0.465 e. The summed E-state index contributed by atoms with van der Waals surface area (Å²) in [5, 5.41) is 3.10. The van der Waals surface area contributed by atoms with Crippen molar-refractivity contribution >= 4 is 21.9 Å². The normalized spacial score (nSPS) is 20.5. The van der Waals surface area contributed by atoms with Crippen molar-refractivity contribution in [2.24, 2.45) is 5.92 Å². The van der Waals surface area contributed by atoms with Gasteiger partial charge >= 0.3 is 5.97 Å². The highest BCUT2D eigenvalue weighted by atomic mass is 79.9. The molecule has 1 heterocycles. The van der Waals surface area contributed by atoms with Crippen molar-refractivity contribution in [3.05, 3.63) is 0 Å². The lowest BCUT2D eigenvalue weighted by molar-refractivity contribution is -0.143. The SMILES string of the molecule is CCOC(=O)C(Br)C1CNC1. The summed E-state index contributed by atoms with van der Waals surface area (Å²) in [6.07, 6.45) is 0. The van der Waals surface area contributed by atoms with Gasteiger partial charge in [0.15, 0.2) is 0 Å².